The maximum Gasteiger partial charge on any atom is 0.175 e. The molecular weight excluding hydrogens is 267 g/mol. The number of benzene rings is 1. The highest BCUT2D eigenvalue weighted by atomic mass is 79.9. The zero-order valence-electron chi connectivity index (χ0n) is 7.93. The first-order valence-electron chi connectivity index (χ1n) is 4.03. The fourth-order valence-electron chi connectivity index (χ4n) is 1.13. The molecule has 0 unspecified atom stereocenters. The van der Waals surface area contributed by atoms with E-state index in [1.807, 2.05) is 6.92 Å². The van der Waals surface area contributed by atoms with Gasteiger partial charge >= 0.3 is 0 Å². The van der Waals surface area contributed by atoms with Crippen molar-refractivity contribution in [2.24, 2.45) is 0 Å². The van der Waals surface area contributed by atoms with Crippen LogP contribution in [-0.2, 0) is 0 Å². The van der Waals surface area contributed by atoms with Gasteiger partial charge in [-0.1, -0.05) is 27.5 Å². The molecule has 0 heterocycles. The van der Waals surface area contributed by atoms with Gasteiger partial charge in [-0.2, -0.15) is 0 Å². The highest BCUT2D eigenvalue weighted by molar-refractivity contribution is 9.09. The van der Waals surface area contributed by atoms with Crippen molar-refractivity contribution in [3.05, 3.63) is 28.3 Å². The summed E-state index contributed by atoms with van der Waals surface area (Å²) in [6.45, 7) is 1.84. The molecule has 0 saturated heterocycles. The molecule has 0 aliphatic rings. The minimum atomic E-state index is -0.0444. The van der Waals surface area contributed by atoms with Gasteiger partial charge in [-0.15, -0.1) is 0 Å². The van der Waals surface area contributed by atoms with Crippen molar-refractivity contribution in [1.82, 2.24) is 0 Å². The summed E-state index contributed by atoms with van der Waals surface area (Å²) >= 11 is 9.11. The Hall–Kier alpha value is -0.540. The van der Waals surface area contributed by atoms with Crippen molar-refractivity contribution < 1.29 is 9.53 Å². The van der Waals surface area contributed by atoms with Crippen LogP contribution in [-0.4, -0.2) is 18.2 Å². The molecule has 1 aromatic rings. The van der Waals surface area contributed by atoms with Gasteiger partial charge in [0.2, 0.25) is 0 Å². The molecule has 0 amide bonds. The van der Waals surface area contributed by atoms with E-state index in [4.69, 9.17) is 16.3 Å². The van der Waals surface area contributed by atoms with Crippen LogP contribution in [0.3, 0.4) is 0 Å². The smallest absolute Gasteiger partial charge is 0.175 e. The fraction of sp³-hybridized carbons (Fsp3) is 0.300. The van der Waals surface area contributed by atoms with Crippen LogP contribution in [0.1, 0.15) is 15.9 Å². The molecular formula is C10H10BrClO2. The summed E-state index contributed by atoms with van der Waals surface area (Å²) in [4.78, 5) is 11.5. The molecule has 0 saturated carbocycles. The average molecular weight is 278 g/mol. The molecule has 0 spiro atoms. The van der Waals surface area contributed by atoms with Crippen LogP contribution in [0.15, 0.2) is 12.1 Å². The minimum absolute atomic E-state index is 0.0444. The quantitative estimate of drug-likeness (QED) is 0.626. The molecule has 0 bridgehead atoms. The molecule has 1 aromatic carbocycles. The van der Waals surface area contributed by atoms with Crippen LogP contribution in [0.25, 0.3) is 0 Å². The second-order valence-corrected chi connectivity index (χ2v) is 3.80. The second kappa shape index (κ2) is 4.80. The van der Waals surface area contributed by atoms with Gasteiger partial charge in [0.05, 0.1) is 17.5 Å². The van der Waals surface area contributed by atoms with E-state index in [1.165, 1.54) is 0 Å². The van der Waals surface area contributed by atoms with E-state index < -0.39 is 0 Å². The highest BCUT2D eigenvalue weighted by Crippen LogP contribution is 2.27. The lowest BCUT2D eigenvalue weighted by atomic mass is 10.1. The number of carbonyl (C=O) groups excluding carboxylic acids is 1. The topological polar surface area (TPSA) is 26.3 Å². The number of halogens is 2. The van der Waals surface area contributed by atoms with E-state index in [2.05, 4.69) is 15.9 Å². The monoisotopic (exact) mass is 276 g/mol. The van der Waals surface area contributed by atoms with Gasteiger partial charge in [-0.25, -0.2) is 0 Å². The summed E-state index contributed by atoms with van der Waals surface area (Å²) in [5.41, 5.74) is 1.34. The predicted octanol–water partition coefficient (Wildman–Crippen LogP) is 3.23. The van der Waals surface area contributed by atoms with Gasteiger partial charge in [0.1, 0.15) is 5.75 Å². The van der Waals surface area contributed by atoms with Gasteiger partial charge in [-0.3, -0.25) is 4.79 Å². The van der Waals surface area contributed by atoms with E-state index in [0.29, 0.717) is 16.3 Å². The maximum atomic E-state index is 11.5. The Bertz CT molecular complexity index is 363. The summed E-state index contributed by atoms with van der Waals surface area (Å²) in [5, 5.41) is 0.759. The van der Waals surface area contributed by atoms with Crippen molar-refractivity contribution in [2.75, 3.05) is 12.4 Å². The molecule has 0 fully saturated rings. The maximum absolute atomic E-state index is 11.5. The number of hydrogen-bond donors (Lipinski definition) is 0. The standard InChI is InChI=1S/C10H10BrClO2/c1-6-3-7(14-2)4-8(10(6)12)9(13)5-11/h3-4H,5H2,1-2H3. The number of aryl methyl sites for hydroxylation is 1. The van der Waals surface area contributed by atoms with Crippen molar-refractivity contribution in [3.63, 3.8) is 0 Å². The lowest BCUT2D eigenvalue weighted by Gasteiger charge is -2.07. The van der Waals surface area contributed by atoms with Crippen LogP contribution in [0.4, 0.5) is 0 Å². The molecule has 76 valence electrons. The summed E-state index contributed by atoms with van der Waals surface area (Å²) in [6, 6.07) is 3.45. The Morgan fingerprint density at radius 1 is 1.57 bits per heavy atom. The number of methoxy groups -OCH3 is 1. The number of carbonyl (C=O) groups is 1. The average Bonchev–Trinajstić information content (AvgIpc) is 2.20. The van der Waals surface area contributed by atoms with Gasteiger partial charge in [0.25, 0.3) is 0 Å². The summed E-state index contributed by atoms with van der Waals surface area (Å²) < 4.78 is 5.06. The Morgan fingerprint density at radius 3 is 2.71 bits per heavy atom. The Morgan fingerprint density at radius 2 is 2.21 bits per heavy atom. The van der Waals surface area contributed by atoms with Gasteiger partial charge in [-0.05, 0) is 24.6 Å². The molecule has 0 aliphatic heterocycles. The second-order valence-electron chi connectivity index (χ2n) is 2.86. The molecule has 0 N–H and O–H groups in total. The Balaban J connectivity index is 3.27. The van der Waals surface area contributed by atoms with Gasteiger partial charge < -0.3 is 4.74 Å². The number of rotatable bonds is 3. The zero-order valence-corrected chi connectivity index (χ0v) is 10.3. The summed E-state index contributed by atoms with van der Waals surface area (Å²) in [7, 11) is 1.56. The van der Waals surface area contributed by atoms with Gasteiger partial charge in [0, 0.05) is 5.56 Å². The normalized spacial score (nSPS) is 10.0. The first-order valence-corrected chi connectivity index (χ1v) is 5.53. The lowest BCUT2D eigenvalue weighted by molar-refractivity contribution is 0.102. The number of ether oxygens (including phenoxy) is 1. The van der Waals surface area contributed by atoms with E-state index >= 15 is 0 Å². The largest absolute Gasteiger partial charge is 0.497 e. The number of Topliss-reactive ketones (excluding diaryl/α,β-unsaturated/α-hetero) is 1. The van der Waals surface area contributed by atoms with Crippen molar-refractivity contribution in [3.8, 4) is 5.75 Å². The third kappa shape index (κ3) is 2.28. The first kappa shape index (κ1) is 11.5. The van der Waals surface area contributed by atoms with Crippen LogP contribution in [0.5, 0.6) is 5.75 Å². The van der Waals surface area contributed by atoms with E-state index in [0.717, 1.165) is 5.56 Å². The molecule has 4 heteroatoms. The number of ketones is 1. The molecule has 0 radical (unpaired) electrons. The van der Waals surface area contributed by atoms with E-state index in [-0.39, 0.29) is 11.1 Å². The van der Waals surface area contributed by atoms with Crippen LogP contribution < -0.4 is 4.74 Å². The third-order valence-corrected chi connectivity index (χ3v) is 2.90. The molecule has 1 rings (SSSR count). The summed E-state index contributed by atoms with van der Waals surface area (Å²) in [5.74, 6) is 0.605. The summed E-state index contributed by atoms with van der Waals surface area (Å²) in [6.07, 6.45) is 0. The SMILES string of the molecule is COc1cc(C)c(Cl)c(C(=O)CBr)c1. The number of hydrogen-bond acceptors (Lipinski definition) is 2. The molecule has 0 aromatic heterocycles. The van der Waals surface area contributed by atoms with E-state index in [1.54, 1.807) is 19.2 Å². The molecule has 14 heavy (non-hydrogen) atoms. The Kier molecular flexibility index (Phi) is 3.96. The van der Waals surface area contributed by atoms with E-state index in [9.17, 15) is 4.79 Å². The third-order valence-electron chi connectivity index (χ3n) is 1.89. The van der Waals surface area contributed by atoms with Crippen molar-refractivity contribution in [1.29, 1.82) is 0 Å². The lowest BCUT2D eigenvalue weighted by Crippen LogP contribution is -2.02. The van der Waals surface area contributed by atoms with Crippen LogP contribution >= 0.6 is 27.5 Å². The minimum Gasteiger partial charge on any atom is -0.497 e. The van der Waals surface area contributed by atoms with Crippen LogP contribution in [0, 0.1) is 6.92 Å². The predicted molar refractivity (Wildman–Crippen MR) is 60.9 cm³/mol. The number of alkyl halides is 1. The van der Waals surface area contributed by atoms with Crippen LogP contribution in [0.2, 0.25) is 5.02 Å². The highest BCUT2D eigenvalue weighted by Gasteiger charge is 2.12. The first-order chi connectivity index (χ1) is 6.60. The fourth-order valence-corrected chi connectivity index (χ4v) is 1.65. The van der Waals surface area contributed by atoms with Crippen molar-refractivity contribution >= 4 is 33.3 Å². The zero-order chi connectivity index (χ0) is 10.7. The van der Waals surface area contributed by atoms with Gasteiger partial charge in [0.15, 0.2) is 5.78 Å². The van der Waals surface area contributed by atoms with Crippen molar-refractivity contribution in [2.45, 2.75) is 6.92 Å². The molecule has 2 nitrogen and oxygen atoms in total. The Labute approximate surface area is 96.3 Å². The molecule has 0 aliphatic carbocycles. The molecule has 0 atom stereocenters.